The lowest BCUT2D eigenvalue weighted by atomic mass is 10.1. The number of unbranched alkanes of at least 4 members (excludes halogenated alkanes) is 8. The van der Waals surface area contributed by atoms with E-state index in [0.29, 0.717) is 6.42 Å². The molecule has 0 saturated carbocycles. The average Bonchev–Trinajstić information content (AvgIpc) is 2.41. The van der Waals surface area contributed by atoms with Gasteiger partial charge in [0.15, 0.2) is 6.17 Å². The first-order valence-corrected chi connectivity index (χ1v) is 9.02. The Balaban J connectivity index is 0. The highest BCUT2D eigenvalue weighted by atomic mass is 35.5. The van der Waals surface area contributed by atoms with Crippen LogP contribution in [0.1, 0.15) is 84.5 Å². The van der Waals surface area contributed by atoms with Gasteiger partial charge in [-0.1, -0.05) is 65.2 Å². The maximum Gasteiger partial charge on any atom is 0.224 e. The average molecular weight is 335 g/mol. The molecule has 0 saturated heterocycles. The summed E-state index contributed by atoms with van der Waals surface area (Å²) >= 11 is 0. The smallest absolute Gasteiger partial charge is 0.224 e. The first-order chi connectivity index (χ1) is 9.91. The van der Waals surface area contributed by atoms with Gasteiger partial charge in [0.1, 0.15) is 0 Å². The predicted octanol–water partition coefficient (Wildman–Crippen LogP) is 1.47. The summed E-state index contributed by atoms with van der Waals surface area (Å²) in [5.41, 5.74) is 0. The van der Waals surface area contributed by atoms with E-state index in [4.69, 9.17) is 0 Å². The van der Waals surface area contributed by atoms with E-state index in [9.17, 15) is 4.79 Å². The molecule has 0 fully saturated rings. The van der Waals surface area contributed by atoms with Crippen LogP contribution in [0.3, 0.4) is 0 Å². The molecule has 0 aromatic rings. The standard InChI is InChI=1S/C18H38N2O.ClH/c1-6-8-9-10-11-12-13-14-15-16-18(21)19-17(7-2)20(3,4)5;/h17H,6-16H2,1-5H3;1H. The number of rotatable bonds is 13. The summed E-state index contributed by atoms with van der Waals surface area (Å²) in [5, 5.41) is 3.17. The number of carbonyl (C=O) groups is 1. The molecule has 1 N–H and O–H groups in total. The van der Waals surface area contributed by atoms with Crippen LogP contribution in [0.25, 0.3) is 0 Å². The van der Waals surface area contributed by atoms with Gasteiger partial charge in [0.05, 0.1) is 21.1 Å². The Hall–Kier alpha value is -0.280. The van der Waals surface area contributed by atoms with Gasteiger partial charge >= 0.3 is 0 Å². The Morgan fingerprint density at radius 2 is 1.32 bits per heavy atom. The monoisotopic (exact) mass is 334 g/mol. The number of quaternary nitrogens is 1. The zero-order valence-corrected chi connectivity index (χ0v) is 16.3. The van der Waals surface area contributed by atoms with Crippen LogP contribution >= 0.6 is 0 Å². The van der Waals surface area contributed by atoms with E-state index in [-0.39, 0.29) is 24.5 Å². The van der Waals surface area contributed by atoms with Gasteiger partial charge < -0.3 is 22.2 Å². The number of hydrogen-bond donors (Lipinski definition) is 1. The van der Waals surface area contributed by atoms with Gasteiger partial charge in [-0.05, 0) is 6.42 Å². The van der Waals surface area contributed by atoms with E-state index in [2.05, 4.69) is 40.3 Å². The van der Waals surface area contributed by atoms with Crippen molar-refractivity contribution >= 4 is 5.91 Å². The van der Waals surface area contributed by atoms with Crippen LogP contribution in [0.2, 0.25) is 0 Å². The van der Waals surface area contributed by atoms with E-state index in [1.54, 1.807) is 0 Å². The van der Waals surface area contributed by atoms with Gasteiger partial charge in [-0.2, -0.15) is 0 Å². The van der Waals surface area contributed by atoms with Crippen molar-refractivity contribution in [3.63, 3.8) is 0 Å². The number of nitrogens with one attached hydrogen (secondary N) is 1. The van der Waals surface area contributed by atoms with Crippen LogP contribution < -0.4 is 17.7 Å². The zero-order valence-electron chi connectivity index (χ0n) is 15.6. The molecule has 1 unspecified atom stereocenters. The third-order valence-electron chi connectivity index (χ3n) is 4.16. The van der Waals surface area contributed by atoms with E-state index in [1.165, 1.54) is 51.4 Å². The van der Waals surface area contributed by atoms with E-state index in [0.717, 1.165) is 17.3 Å². The lowest BCUT2D eigenvalue weighted by molar-refractivity contribution is -0.898. The normalized spacial score (nSPS) is 12.6. The summed E-state index contributed by atoms with van der Waals surface area (Å²) in [6.07, 6.45) is 13.6. The Kier molecular flexibility index (Phi) is 15.6. The molecule has 0 spiro atoms. The number of halogens is 1. The van der Waals surface area contributed by atoms with Crippen LogP contribution in [0.4, 0.5) is 0 Å². The van der Waals surface area contributed by atoms with Crippen molar-refractivity contribution in [3.05, 3.63) is 0 Å². The summed E-state index contributed by atoms with van der Waals surface area (Å²) in [7, 11) is 6.40. The third-order valence-corrected chi connectivity index (χ3v) is 4.16. The summed E-state index contributed by atoms with van der Waals surface area (Å²) in [6.45, 7) is 4.39. The van der Waals surface area contributed by atoms with Crippen molar-refractivity contribution in [2.45, 2.75) is 90.6 Å². The first kappa shape index (κ1) is 24.0. The molecule has 0 aromatic carbocycles. The van der Waals surface area contributed by atoms with Gasteiger partial charge in [0, 0.05) is 12.8 Å². The fraction of sp³-hybridized carbons (Fsp3) is 0.944. The van der Waals surface area contributed by atoms with E-state index in [1.807, 2.05) is 0 Å². The van der Waals surface area contributed by atoms with Crippen LogP contribution in [0.15, 0.2) is 0 Å². The topological polar surface area (TPSA) is 29.1 Å². The molecule has 134 valence electrons. The van der Waals surface area contributed by atoms with Gasteiger partial charge in [0.25, 0.3) is 0 Å². The second-order valence-corrected chi connectivity index (χ2v) is 7.19. The number of nitrogens with zero attached hydrogens (tertiary/aromatic N) is 1. The van der Waals surface area contributed by atoms with Crippen molar-refractivity contribution in [2.75, 3.05) is 21.1 Å². The van der Waals surface area contributed by atoms with Gasteiger partial charge in [-0.3, -0.25) is 4.79 Å². The minimum absolute atomic E-state index is 0. The van der Waals surface area contributed by atoms with Gasteiger partial charge in [-0.25, -0.2) is 0 Å². The maximum atomic E-state index is 11.9. The molecule has 0 heterocycles. The zero-order chi connectivity index (χ0) is 16.1. The van der Waals surface area contributed by atoms with Crippen LogP contribution in [0.5, 0.6) is 0 Å². The van der Waals surface area contributed by atoms with Crippen molar-refractivity contribution in [3.8, 4) is 0 Å². The summed E-state index contributed by atoms with van der Waals surface area (Å²) in [6, 6.07) is 0. The SMILES string of the molecule is CCCCCCCCCCCC(=O)NC(CC)[N+](C)(C)C.[Cl-]. The quantitative estimate of drug-likeness (QED) is 0.308. The molecule has 0 aliphatic carbocycles. The number of amides is 1. The largest absolute Gasteiger partial charge is 1.00 e. The minimum atomic E-state index is 0. The minimum Gasteiger partial charge on any atom is -1.00 e. The van der Waals surface area contributed by atoms with Crippen molar-refractivity contribution in [1.29, 1.82) is 0 Å². The molecular formula is C18H39ClN2O. The Morgan fingerprint density at radius 1 is 0.864 bits per heavy atom. The molecule has 22 heavy (non-hydrogen) atoms. The first-order valence-electron chi connectivity index (χ1n) is 9.02. The molecule has 0 radical (unpaired) electrons. The highest BCUT2D eigenvalue weighted by Gasteiger charge is 2.22. The second kappa shape index (κ2) is 14.3. The fourth-order valence-electron chi connectivity index (χ4n) is 2.70. The lowest BCUT2D eigenvalue weighted by Gasteiger charge is -2.33. The van der Waals surface area contributed by atoms with Crippen LogP contribution in [0, 0.1) is 0 Å². The molecule has 1 amide bonds. The van der Waals surface area contributed by atoms with Crippen molar-refractivity contribution < 1.29 is 21.7 Å². The van der Waals surface area contributed by atoms with Crippen molar-refractivity contribution in [1.82, 2.24) is 5.32 Å². The number of carbonyl (C=O) groups excluding carboxylic acids is 1. The molecule has 0 aliphatic heterocycles. The molecule has 3 nitrogen and oxygen atoms in total. The van der Waals surface area contributed by atoms with Crippen LogP contribution in [-0.2, 0) is 4.79 Å². The second-order valence-electron chi connectivity index (χ2n) is 7.19. The number of hydrogen-bond acceptors (Lipinski definition) is 1. The Labute approximate surface area is 145 Å². The van der Waals surface area contributed by atoms with E-state index >= 15 is 0 Å². The van der Waals surface area contributed by atoms with Crippen molar-refractivity contribution in [2.24, 2.45) is 0 Å². The molecule has 0 rings (SSSR count). The summed E-state index contributed by atoms with van der Waals surface area (Å²) in [4.78, 5) is 11.9. The van der Waals surface area contributed by atoms with Gasteiger partial charge in [-0.15, -0.1) is 0 Å². The molecule has 4 heteroatoms. The third kappa shape index (κ3) is 13.4. The Bertz CT molecular complexity index is 264. The fourth-order valence-corrected chi connectivity index (χ4v) is 2.70. The highest BCUT2D eigenvalue weighted by molar-refractivity contribution is 5.75. The molecular weight excluding hydrogens is 296 g/mol. The molecule has 0 aromatic heterocycles. The van der Waals surface area contributed by atoms with Crippen LogP contribution in [-0.4, -0.2) is 37.7 Å². The molecule has 0 bridgehead atoms. The predicted molar refractivity (Wildman–Crippen MR) is 92.1 cm³/mol. The Morgan fingerprint density at radius 3 is 1.73 bits per heavy atom. The van der Waals surface area contributed by atoms with Gasteiger partial charge in [0.2, 0.25) is 5.91 Å². The maximum absolute atomic E-state index is 11.9. The lowest BCUT2D eigenvalue weighted by Crippen LogP contribution is -3.00. The van der Waals surface area contributed by atoms with E-state index < -0.39 is 0 Å². The summed E-state index contributed by atoms with van der Waals surface area (Å²) in [5.74, 6) is 0.220. The summed E-state index contributed by atoms with van der Waals surface area (Å²) < 4.78 is 0.792. The molecule has 1 atom stereocenters. The highest BCUT2D eigenvalue weighted by Crippen LogP contribution is 2.11. The molecule has 0 aliphatic rings.